The van der Waals surface area contributed by atoms with Crippen molar-refractivity contribution < 1.29 is 9.47 Å². The molecule has 0 amide bonds. The molecule has 0 aromatic heterocycles. The van der Waals surface area contributed by atoms with Crippen LogP contribution in [0.5, 0.6) is 0 Å². The van der Waals surface area contributed by atoms with Gasteiger partial charge < -0.3 is 14.8 Å². The summed E-state index contributed by atoms with van der Waals surface area (Å²) in [5.41, 5.74) is 0. The third kappa shape index (κ3) is 6.35. The standard InChI is InChI=1S/C11H25NO2/c1-5-10(6-2)12-9-11(13-7-3)14-8-4/h10-12H,5-9H2,1-4H3. The lowest BCUT2D eigenvalue weighted by Crippen LogP contribution is -2.37. The molecule has 0 spiro atoms. The van der Waals surface area contributed by atoms with Crippen LogP contribution in [0.25, 0.3) is 0 Å². The van der Waals surface area contributed by atoms with Crippen LogP contribution >= 0.6 is 0 Å². The fourth-order valence-corrected chi connectivity index (χ4v) is 1.38. The normalized spacial score (nSPS) is 11.6. The zero-order valence-corrected chi connectivity index (χ0v) is 10.0. The van der Waals surface area contributed by atoms with Gasteiger partial charge in [0.05, 0.1) is 0 Å². The Bertz CT molecular complexity index is 110. The summed E-state index contributed by atoms with van der Waals surface area (Å²) in [6, 6.07) is 0.582. The number of rotatable bonds is 9. The molecule has 0 rings (SSSR count). The highest BCUT2D eigenvalue weighted by Gasteiger charge is 2.09. The lowest BCUT2D eigenvalue weighted by atomic mass is 10.2. The molecule has 0 atom stereocenters. The van der Waals surface area contributed by atoms with E-state index in [-0.39, 0.29) is 6.29 Å². The smallest absolute Gasteiger partial charge is 0.169 e. The van der Waals surface area contributed by atoms with Crippen molar-refractivity contribution in [3.63, 3.8) is 0 Å². The maximum absolute atomic E-state index is 5.44. The van der Waals surface area contributed by atoms with E-state index in [4.69, 9.17) is 9.47 Å². The van der Waals surface area contributed by atoms with E-state index in [1.807, 2.05) is 13.8 Å². The first kappa shape index (κ1) is 13.9. The van der Waals surface area contributed by atoms with E-state index >= 15 is 0 Å². The van der Waals surface area contributed by atoms with E-state index in [2.05, 4.69) is 19.2 Å². The van der Waals surface area contributed by atoms with Crippen LogP contribution in [-0.2, 0) is 9.47 Å². The highest BCUT2D eigenvalue weighted by atomic mass is 16.7. The van der Waals surface area contributed by atoms with E-state index in [0.717, 1.165) is 19.4 Å². The largest absolute Gasteiger partial charge is 0.352 e. The second kappa shape index (κ2) is 9.44. The molecule has 86 valence electrons. The molecule has 3 heteroatoms. The van der Waals surface area contributed by atoms with Crippen LogP contribution in [0.15, 0.2) is 0 Å². The highest BCUT2D eigenvalue weighted by Crippen LogP contribution is 1.99. The van der Waals surface area contributed by atoms with Crippen molar-refractivity contribution in [2.24, 2.45) is 0 Å². The average molecular weight is 203 g/mol. The van der Waals surface area contributed by atoms with Crippen LogP contribution < -0.4 is 5.32 Å². The lowest BCUT2D eigenvalue weighted by Gasteiger charge is -2.21. The summed E-state index contributed by atoms with van der Waals surface area (Å²) >= 11 is 0. The lowest BCUT2D eigenvalue weighted by molar-refractivity contribution is -0.133. The molecule has 0 radical (unpaired) electrons. The summed E-state index contributed by atoms with van der Waals surface area (Å²) in [6.45, 7) is 10.6. The van der Waals surface area contributed by atoms with E-state index in [0.29, 0.717) is 19.3 Å². The maximum atomic E-state index is 5.44. The molecule has 0 aliphatic heterocycles. The minimum atomic E-state index is -0.0920. The van der Waals surface area contributed by atoms with Gasteiger partial charge in [-0.25, -0.2) is 0 Å². The summed E-state index contributed by atoms with van der Waals surface area (Å²) in [5.74, 6) is 0. The molecule has 0 aliphatic carbocycles. The SMILES string of the molecule is CCOC(CNC(CC)CC)OCC. The van der Waals surface area contributed by atoms with E-state index in [1.165, 1.54) is 0 Å². The van der Waals surface area contributed by atoms with Crippen LogP contribution in [0.4, 0.5) is 0 Å². The van der Waals surface area contributed by atoms with E-state index < -0.39 is 0 Å². The average Bonchev–Trinajstić information content (AvgIpc) is 2.20. The maximum Gasteiger partial charge on any atom is 0.169 e. The molecule has 0 fully saturated rings. The summed E-state index contributed by atoms with van der Waals surface area (Å²) in [6.07, 6.45) is 2.22. The number of hydrogen-bond acceptors (Lipinski definition) is 3. The van der Waals surface area contributed by atoms with Gasteiger partial charge in [0.2, 0.25) is 0 Å². The van der Waals surface area contributed by atoms with Crippen molar-refractivity contribution >= 4 is 0 Å². The molecule has 3 nitrogen and oxygen atoms in total. The highest BCUT2D eigenvalue weighted by molar-refractivity contribution is 4.63. The molecular formula is C11H25NO2. The quantitative estimate of drug-likeness (QED) is 0.583. The number of hydrogen-bond donors (Lipinski definition) is 1. The zero-order valence-electron chi connectivity index (χ0n) is 10.0. The fourth-order valence-electron chi connectivity index (χ4n) is 1.38. The van der Waals surface area contributed by atoms with Crippen LogP contribution in [-0.4, -0.2) is 32.1 Å². The number of nitrogens with one attached hydrogen (secondary N) is 1. The van der Waals surface area contributed by atoms with Gasteiger partial charge in [0, 0.05) is 25.8 Å². The summed E-state index contributed by atoms with van der Waals surface area (Å²) in [7, 11) is 0. The van der Waals surface area contributed by atoms with Gasteiger partial charge >= 0.3 is 0 Å². The zero-order chi connectivity index (χ0) is 10.8. The molecule has 0 heterocycles. The molecule has 0 unspecified atom stereocenters. The Morgan fingerprint density at radius 2 is 1.43 bits per heavy atom. The molecule has 0 saturated heterocycles. The summed E-state index contributed by atoms with van der Waals surface area (Å²) in [4.78, 5) is 0. The molecular weight excluding hydrogens is 178 g/mol. The minimum absolute atomic E-state index is 0.0920. The Morgan fingerprint density at radius 3 is 1.79 bits per heavy atom. The van der Waals surface area contributed by atoms with Crippen LogP contribution in [0.2, 0.25) is 0 Å². The molecule has 1 N–H and O–H groups in total. The molecule has 0 aliphatic rings. The minimum Gasteiger partial charge on any atom is -0.352 e. The molecule has 0 aromatic carbocycles. The van der Waals surface area contributed by atoms with Crippen molar-refractivity contribution in [2.45, 2.75) is 52.9 Å². The monoisotopic (exact) mass is 203 g/mol. The van der Waals surface area contributed by atoms with Gasteiger partial charge in [0.15, 0.2) is 6.29 Å². The van der Waals surface area contributed by atoms with Gasteiger partial charge in [-0.2, -0.15) is 0 Å². The van der Waals surface area contributed by atoms with Crippen molar-refractivity contribution in [2.75, 3.05) is 19.8 Å². The fraction of sp³-hybridized carbons (Fsp3) is 1.00. The Hall–Kier alpha value is -0.120. The van der Waals surface area contributed by atoms with Crippen molar-refractivity contribution in [3.05, 3.63) is 0 Å². The molecule has 14 heavy (non-hydrogen) atoms. The summed E-state index contributed by atoms with van der Waals surface area (Å²) < 4.78 is 10.9. The third-order valence-corrected chi connectivity index (χ3v) is 2.26. The Labute approximate surface area is 88.2 Å². The first-order chi connectivity index (χ1) is 6.78. The van der Waals surface area contributed by atoms with Crippen molar-refractivity contribution in [3.8, 4) is 0 Å². The first-order valence-corrected chi connectivity index (χ1v) is 5.74. The second-order valence-electron chi connectivity index (χ2n) is 3.26. The Morgan fingerprint density at radius 1 is 0.929 bits per heavy atom. The molecule has 0 aromatic rings. The van der Waals surface area contributed by atoms with Gasteiger partial charge in [0.1, 0.15) is 0 Å². The number of ether oxygens (including phenoxy) is 2. The van der Waals surface area contributed by atoms with Crippen molar-refractivity contribution in [1.29, 1.82) is 0 Å². The van der Waals surface area contributed by atoms with Crippen molar-refractivity contribution in [1.82, 2.24) is 5.32 Å². The van der Waals surface area contributed by atoms with Crippen LogP contribution in [0.1, 0.15) is 40.5 Å². The predicted octanol–water partition coefficient (Wildman–Crippen LogP) is 2.16. The molecule has 0 bridgehead atoms. The first-order valence-electron chi connectivity index (χ1n) is 5.74. The predicted molar refractivity (Wildman–Crippen MR) is 59.4 cm³/mol. The van der Waals surface area contributed by atoms with E-state index in [1.54, 1.807) is 0 Å². The summed E-state index contributed by atoms with van der Waals surface area (Å²) in [5, 5.41) is 3.44. The Balaban J connectivity index is 3.67. The van der Waals surface area contributed by atoms with Crippen LogP contribution in [0.3, 0.4) is 0 Å². The topological polar surface area (TPSA) is 30.5 Å². The van der Waals surface area contributed by atoms with Crippen LogP contribution in [0, 0.1) is 0 Å². The van der Waals surface area contributed by atoms with E-state index in [9.17, 15) is 0 Å². The second-order valence-corrected chi connectivity index (χ2v) is 3.26. The van der Waals surface area contributed by atoms with Gasteiger partial charge in [-0.3, -0.25) is 0 Å². The van der Waals surface area contributed by atoms with Gasteiger partial charge in [-0.15, -0.1) is 0 Å². The van der Waals surface area contributed by atoms with Gasteiger partial charge in [-0.05, 0) is 26.7 Å². The van der Waals surface area contributed by atoms with Gasteiger partial charge in [0.25, 0.3) is 0 Å². The van der Waals surface area contributed by atoms with Gasteiger partial charge in [-0.1, -0.05) is 13.8 Å². The third-order valence-electron chi connectivity index (χ3n) is 2.26. The molecule has 0 saturated carbocycles. The Kier molecular flexibility index (Phi) is 9.35.